The summed E-state index contributed by atoms with van der Waals surface area (Å²) in [5.41, 5.74) is 0. The molecule has 0 aromatic rings. The molecule has 0 aromatic carbocycles. The number of nitrogens with zero attached hydrogens (tertiary/aromatic N) is 1. The van der Waals surface area contributed by atoms with E-state index in [2.05, 4.69) is 15.5 Å². The molecule has 1 amide bonds. The standard InChI is InChI=1S/C12H25N3O2/c1-13-8-11-4-3-6-15(9-11)10-12(16)14-5-7-17-2/h11,13H,3-10H2,1-2H3,(H,14,16). The van der Waals surface area contributed by atoms with Crippen LogP contribution in [-0.4, -0.2) is 64.3 Å². The summed E-state index contributed by atoms with van der Waals surface area (Å²) < 4.78 is 4.89. The molecule has 5 heteroatoms. The Labute approximate surface area is 104 Å². The van der Waals surface area contributed by atoms with E-state index in [1.165, 1.54) is 12.8 Å². The van der Waals surface area contributed by atoms with Gasteiger partial charge >= 0.3 is 0 Å². The van der Waals surface area contributed by atoms with Crippen molar-refractivity contribution in [2.45, 2.75) is 12.8 Å². The molecule has 1 atom stereocenters. The van der Waals surface area contributed by atoms with Gasteiger partial charge in [0, 0.05) is 20.2 Å². The Balaban J connectivity index is 2.18. The molecule has 1 saturated heterocycles. The zero-order valence-electron chi connectivity index (χ0n) is 11.0. The van der Waals surface area contributed by atoms with Crippen LogP contribution in [0.15, 0.2) is 0 Å². The van der Waals surface area contributed by atoms with Gasteiger partial charge in [0.05, 0.1) is 13.2 Å². The molecular formula is C12H25N3O2. The number of likely N-dealkylation sites (tertiary alicyclic amines) is 1. The maximum absolute atomic E-state index is 11.6. The topological polar surface area (TPSA) is 53.6 Å². The Morgan fingerprint density at radius 3 is 3.06 bits per heavy atom. The predicted molar refractivity (Wildman–Crippen MR) is 68.0 cm³/mol. The average molecular weight is 243 g/mol. The fourth-order valence-electron chi connectivity index (χ4n) is 2.30. The third kappa shape index (κ3) is 6.00. The summed E-state index contributed by atoms with van der Waals surface area (Å²) in [5, 5.41) is 6.07. The van der Waals surface area contributed by atoms with E-state index in [0.29, 0.717) is 25.6 Å². The number of hydrogen-bond donors (Lipinski definition) is 2. The Bertz CT molecular complexity index is 222. The van der Waals surface area contributed by atoms with E-state index in [4.69, 9.17) is 4.74 Å². The second-order valence-electron chi connectivity index (χ2n) is 4.64. The van der Waals surface area contributed by atoms with Crippen LogP contribution in [0, 0.1) is 5.92 Å². The minimum absolute atomic E-state index is 0.104. The lowest BCUT2D eigenvalue weighted by atomic mass is 9.98. The molecular weight excluding hydrogens is 218 g/mol. The van der Waals surface area contributed by atoms with Gasteiger partial charge in [0.25, 0.3) is 0 Å². The van der Waals surface area contributed by atoms with Crippen LogP contribution in [0.2, 0.25) is 0 Å². The molecule has 1 aliphatic rings. The van der Waals surface area contributed by atoms with Crippen LogP contribution in [-0.2, 0) is 9.53 Å². The van der Waals surface area contributed by atoms with Crippen molar-refractivity contribution < 1.29 is 9.53 Å². The van der Waals surface area contributed by atoms with Gasteiger partial charge in [0.2, 0.25) is 5.91 Å². The molecule has 5 nitrogen and oxygen atoms in total. The summed E-state index contributed by atoms with van der Waals surface area (Å²) in [6.45, 7) is 4.80. The molecule has 1 aliphatic heterocycles. The highest BCUT2D eigenvalue weighted by molar-refractivity contribution is 5.77. The number of hydrogen-bond acceptors (Lipinski definition) is 4. The molecule has 1 unspecified atom stereocenters. The van der Waals surface area contributed by atoms with E-state index >= 15 is 0 Å². The van der Waals surface area contributed by atoms with E-state index in [0.717, 1.165) is 19.6 Å². The quantitative estimate of drug-likeness (QED) is 0.602. The third-order valence-electron chi connectivity index (χ3n) is 3.09. The van der Waals surface area contributed by atoms with Crippen LogP contribution < -0.4 is 10.6 Å². The highest BCUT2D eigenvalue weighted by Gasteiger charge is 2.20. The highest BCUT2D eigenvalue weighted by Crippen LogP contribution is 2.14. The smallest absolute Gasteiger partial charge is 0.234 e. The van der Waals surface area contributed by atoms with E-state index in [-0.39, 0.29) is 5.91 Å². The van der Waals surface area contributed by atoms with Crippen molar-refractivity contribution >= 4 is 5.91 Å². The number of ether oxygens (including phenoxy) is 1. The molecule has 1 fully saturated rings. The first-order valence-corrected chi connectivity index (χ1v) is 6.39. The van der Waals surface area contributed by atoms with Crippen molar-refractivity contribution in [1.82, 2.24) is 15.5 Å². The number of amides is 1. The predicted octanol–water partition coefficient (Wildman–Crippen LogP) is -0.320. The molecule has 0 bridgehead atoms. The van der Waals surface area contributed by atoms with Crippen molar-refractivity contribution in [2.75, 3.05) is 53.5 Å². The van der Waals surface area contributed by atoms with E-state index in [1.54, 1.807) is 7.11 Å². The van der Waals surface area contributed by atoms with Crippen LogP contribution in [0.5, 0.6) is 0 Å². The second kappa shape index (κ2) is 8.44. The summed E-state index contributed by atoms with van der Waals surface area (Å²) in [6.07, 6.45) is 2.46. The van der Waals surface area contributed by atoms with Gasteiger partial charge in [-0.05, 0) is 38.9 Å². The minimum atomic E-state index is 0.104. The van der Waals surface area contributed by atoms with Crippen molar-refractivity contribution in [3.05, 3.63) is 0 Å². The summed E-state index contributed by atoms with van der Waals surface area (Å²) in [6, 6.07) is 0. The molecule has 0 radical (unpaired) electrons. The average Bonchev–Trinajstić information content (AvgIpc) is 2.30. The molecule has 0 spiro atoms. The van der Waals surface area contributed by atoms with Gasteiger partial charge in [-0.1, -0.05) is 0 Å². The fraction of sp³-hybridized carbons (Fsp3) is 0.917. The molecule has 100 valence electrons. The van der Waals surface area contributed by atoms with Crippen LogP contribution >= 0.6 is 0 Å². The molecule has 1 rings (SSSR count). The fourth-order valence-corrected chi connectivity index (χ4v) is 2.30. The molecule has 17 heavy (non-hydrogen) atoms. The summed E-state index contributed by atoms with van der Waals surface area (Å²) in [7, 11) is 3.62. The first-order valence-electron chi connectivity index (χ1n) is 6.39. The lowest BCUT2D eigenvalue weighted by Crippen LogP contribution is -2.44. The number of nitrogens with one attached hydrogen (secondary N) is 2. The van der Waals surface area contributed by atoms with Crippen molar-refractivity contribution in [2.24, 2.45) is 5.92 Å². The van der Waals surface area contributed by atoms with E-state index < -0.39 is 0 Å². The van der Waals surface area contributed by atoms with Crippen LogP contribution in [0.3, 0.4) is 0 Å². The number of methoxy groups -OCH3 is 1. The number of piperidine rings is 1. The van der Waals surface area contributed by atoms with Crippen LogP contribution in [0.4, 0.5) is 0 Å². The zero-order chi connectivity index (χ0) is 12.5. The SMILES string of the molecule is CNCC1CCCN(CC(=O)NCCOC)C1. The van der Waals surface area contributed by atoms with Gasteiger partial charge in [-0.3, -0.25) is 9.69 Å². The molecule has 1 heterocycles. The lowest BCUT2D eigenvalue weighted by Gasteiger charge is -2.32. The summed E-state index contributed by atoms with van der Waals surface area (Å²) >= 11 is 0. The van der Waals surface area contributed by atoms with E-state index in [9.17, 15) is 4.79 Å². The first-order chi connectivity index (χ1) is 8.26. The largest absolute Gasteiger partial charge is 0.383 e. The first kappa shape index (κ1) is 14.4. The maximum atomic E-state index is 11.6. The summed E-state index contributed by atoms with van der Waals surface area (Å²) in [4.78, 5) is 13.9. The maximum Gasteiger partial charge on any atom is 0.234 e. The third-order valence-corrected chi connectivity index (χ3v) is 3.09. The Morgan fingerprint density at radius 2 is 2.35 bits per heavy atom. The molecule has 2 N–H and O–H groups in total. The monoisotopic (exact) mass is 243 g/mol. The second-order valence-corrected chi connectivity index (χ2v) is 4.64. The van der Waals surface area contributed by atoms with Gasteiger partial charge in [-0.15, -0.1) is 0 Å². The van der Waals surface area contributed by atoms with Crippen LogP contribution in [0.25, 0.3) is 0 Å². The number of rotatable bonds is 7. The lowest BCUT2D eigenvalue weighted by molar-refractivity contribution is -0.122. The summed E-state index contributed by atoms with van der Waals surface area (Å²) in [5.74, 6) is 0.785. The van der Waals surface area contributed by atoms with Gasteiger partial charge in [0.15, 0.2) is 0 Å². The molecule has 0 aromatic heterocycles. The van der Waals surface area contributed by atoms with Crippen molar-refractivity contribution in [3.63, 3.8) is 0 Å². The van der Waals surface area contributed by atoms with E-state index in [1.807, 2.05) is 7.05 Å². The normalized spacial score (nSPS) is 21.4. The number of carbonyl (C=O) groups excluding carboxylic acids is 1. The number of carbonyl (C=O) groups is 1. The van der Waals surface area contributed by atoms with Crippen molar-refractivity contribution in [1.29, 1.82) is 0 Å². The molecule has 0 saturated carbocycles. The zero-order valence-corrected chi connectivity index (χ0v) is 11.0. The molecule has 0 aliphatic carbocycles. The van der Waals surface area contributed by atoms with Crippen molar-refractivity contribution in [3.8, 4) is 0 Å². The van der Waals surface area contributed by atoms with Gasteiger partial charge in [-0.2, -0.15) is 0 Å². The van der Waals surface area contributed by atoms with Gasteiger partial charge < -0.3 is 15.4 Å². The van der Waals surface area contributed by atoms with Crippen LogP contribution in [0.1, 0.15) is 12.8 Å². The Kier molecular flexibility index (Phi) is 7.16. The van der Waals surface area contributed by atoms with Gasteiger partial charge in [-0.25, -0.2) is 0 Å². The highest BCUT2D eigenvalue weighted by atomic mass is 16.5. The minimum Gasteiger partial charge on any atom is -0.383 e. The van der Waals surface area contributed by atoms with Gasteiger partial charge in [0.1, 0.15) is 0 Å². The Morgan fingerprint density at radius 1 is 1.53 bits per heavy atom. The Hall–Kier alpha value is -0.650.